The van der Waals surface area contributed by atoms with Gasteiger partial charge < -0.3 is 4.74 Å². The van der Waals surface area contributed by atoms with Gasteiger partial charge in [-0.15, -0.1) is 0 Å². The summed E-state index contributed by atoms with van der Waals surface area (Å²) < 4.78 is 43.5. The van der Waals surface area contributed by atoms with Gasteiger partial charge in [-0.25, -0.2) is 0 Å². The lowest BCUT2D eigenvalue weighted by Gasteiger charge is -2.23. The molecule has 0 amide bonds. The predicted molar refractivity (Wildman–Crippen MR) is 63.7 cm³/mol. The van der Waals surface area contributed by atoms with E-state index in [1.54, 1.807) is 6.07 Å². The number of halogens is 3. The molecule has 2 rings (SSSR count). The topological polar surface area (TPSA) is 33.0 Å². The molecule has 19 heavy (non-hydrogen) atoms. The first-order chi connectivity index (χ1) is 9.00. The molecule has 1 aromatic rings. The van der Waals surface area contributed by atoms with E-state index in [1.807, 2.05) is 0 Å². The lowest BCUT2D eigenvalue weighted by atomic mass is 9.98. The molecule has 0 unspecified atom stereocenters. The van der Waals surface area contributed by atoms with E-state index in [-0.39, 0.29) is 11.7 Å². The van der Waals surface area contributed by atoms with Gasteiger partial charge in [0.25, 0.3) is 0 Å². The first-order valence-electron chi connectivity index (χ1n) is 6.28. The summed E-state index contributed by atoms with van der Waals surface area (Å²) in [5.41, 5.74) is -1.30. The number of nitrogens with zero attached hydrogens (tertiary/aromatic N) is 1. The minimum Gasteiger partial charge on any atom is -0.490 e. The highest BCUT2D eigenvalue weighted by atomic mass is 19.4. The highest BCUT2D eigenvalue weighted by Gasteiger charge is 2.33. The smallest absolute Gasteiger partial charge is 0.417 e. The van der Waals surface area contributed by atoms with Crippen molar-refractivity contribution in [3.05, 3.63) is 29.3 Å². The third-order valence-electron chi connectivity index (χ3n) is 3.27. The van der Waals surface area contributed by atoms with Gasteiger partial charge in [-0.1, -0.05) is 6.42 Å². The number of rotatable bonds is 2. The fourth-order valence-electron chi connectivity index (χ4n) is 2.31. The van der Waals surface area contributed by atoms with Crippen LogP contribution in [0, 0.1) is 11.3 Å². The molecule has 0 heterocycles. The molecule has 0 radical (unpaired) electrons. The molecule has 1 aliphatic carbocycles. The van der Waals surface area contributed by atoms with Crippen molar-refractivity contribution in [3.8, 4) is 11.8 Å². The average molecular weight is 269 g/mol. The first-order valence-corrected chi connectivity index (χ1v) is 6.28. The molecule has 5 heteroatoms. The van der Waals surface area contributed by atoms with Crippen LogP contribution in [-0.4, -0.2) is 6.10 Å². The minimum atomic E-state index is -4.51. The zero-order chi connectivity index (χ0) is 13.9. The Morgan fingerprint density at radius 3 is 2.42 bits per heavy atom. The second kappa shape index (κ2) is 5.52. The minimum absolute atomic E-state index is 0.0528. The van der Waals surface area contributed by atoms with Gasteiger partial charge in [-0.3, -0.25) is 0 Å². The maximum atomic E-state index is 12.6. The number of hydrogen-bond donors (Lipinski definition) is 0. The van der Waals surface area contributed by atoms with Crippen molar-refractivity contribution >= 4 is 0 Å². The Balaban J connectivity index is 2.17. The number of benzene rings is 1. The van der Waals surface area contributed by atoms with E-state index in [9.17, 15) is 13.2 Å². The van der Waals surface area contributed by atoms with Crippen LogP contribution >= 0.6 is 0 Å². The van der Waals surface area contributed by atoms with Crippen LogP contribution in [0.1, 0.15) is 43.2 Å². The summed E-state index contributed by atoms with van der Waals surface area (Å²) in [5.74, 6) is 0.344. The van der Waals surface area contributed by atoms with E-state index in [1.165, 1.54) is 18.6 Å². The molecule has 0 saturated heterocycles. The number of alkyl halides is 3. The molecule has 102 valence electrons. The summed E-state index contributed by atoms with van der Waals surface area (Å²) in [6.07, 6.45) is 0.723. The summed E-state index contributed by atoms with van der Waals surface area (Å²) in [4.78, 5) is 0. The number of nitriles is 1. The molecule has 1 fully saturated rings. The zero-order valence-corrected chi connectivity index (χ0v) is 10.3. The Labute approximate surface area is 109 Å². The Morgan fingerprint density at radius 1 is 1.16 bits per heavy atom. The van der Waals surface area contributed by atoms with Gasteiger partial charge in [0.1, 0.15) is 5.75 Å². The van der Waals surface area contributed by atoms with Crippen molar-refractivity contribution in [3.63, 3.8) is 0 Å². The van der Waals surface area contributed by atoms with E-state index in [4.69, 9.17) is 10.00 Å². The molecule has 1 aliphatic rings. The largest absolute Gasteiger partial charge is 0.490 e. The first kappa shape index (κ1) is 13.7. The van der Waals surface area contributed by atoms with Gasteiger partial charge in [-0.2, -0.15) is 18.4 Å². The molecular formula is C14H14F3NO. The molecule has 0 atom stereocenters. The van der Waals surface area contributed by atoms with Gasteiger partial charge >= 0.3 is 6.18 Å². The van der Waals surface area contributed by atoms with Gasteiger partial charge in [0.05, 0.1) is 23.3 Å². The van der Waals surface area contributed by atoms with Gasteiger partial charge in [-0.05, 0) is 43.9 Å². The second-order valence-corrected chi connectivity index (χ2v) is 4.69. The monoisotopic (exact) mass is 269 g/mol. The predicted octanol–water partition coefficient (Wildman–Crippen LogP) is 4.29. The van der Waals surface area contributed by atoms with Gasteiger partial charge in [0.15, 0.2) is 0 Å². The standard InChI is InChI=1S/C14H14F3NO/c15-14(16,17)13-7-6-12(8-10(13)9-18)19-11-4-2-1-3-5-11/h6-8,11H,1-5H2. The highest BCUT2D eigenvalue weighted by molar-refractivity contribution is 5.44. The molecule has 1 saturated carbocycles. The summed E-state index contributed by atoms with van der Waals surface area (Å²) >= 11 is 0. The maximum absolute atomic E-state index is 12.6. The van der Waals surface area contributed by atoms with Crippen LogP contribution in [0.3, 0.4) is 0 Å². The van der Waals surface area contributed by atoms with Crippen LogP contribution in [0.2, 0.25) is 0 Å². The lowest BCUT2D eigenvalue weighted by Crippen LogP contribution is -2.19. The molecule has 0 spiro atoms. The van der Waals surface area contributed by atoms with Gasteiger partial charge in [0, 0.05) is 0 Å². The molecule has 1 aromatic carbocycles. The van der Waals surface area contributed by atoms with Crippen LogP contribution in [0.4, 0.5) is 13.2 Å². The second-order valence-electron chi connectivity index (χ2n) is 4.69. The summed E-state index contributed by atoms with van der Waals surface area (Å²) in [6, 6.07) is 4.96. The Kier molecular flexibility index (Phi) is 3.98. The summed E-state index contributed by atoms with van der Waals surface area (Å²) in [7, 11) is 0. The highest BCUT2D eigenvalue weighted by Crippen LogP contribution is 2.34. The summed E-state index contributed by atoms with van der Waals surface area (Å²) in [6.45, 7) is 0. The van der Waals surface area contributed by atoms with Gasteiger partial charge in [0.2, 0.25) is 0 Å². The van der Waals surface area contributed by atoms with Crippen molar-refractivity contribution in [2.45, 2.75) is 44.4 Å². The van der Waals surface area contributed by atoms with E-state index in [0.717, 1.165) is 31.7 Å². The normalized spacial score (nSPS) is 16.9. The average Bonchev–Trinajstić information content (AvgIpc) is 2.38. The van der Waals surface area contributed by atoms with Crippen molar-refractivity contribution in [1.29, 1.82) is 5.26 Å². The fraction of sp³-hybridized carbons (Fsp3) is 0.500. The maximum Gasteiger partial charge on any atom is 0.417 e. The molecular weight excluding hydrogens is 255 g/mol. The van der Waals surface area contributed by atoms with E-state index >= 15 is 0 Å². The van der Waals surface area contributed by atoms with Crippen molar-refractivity contribution < 1.29 is 17.9 Å². The van der Waals surface area contributed by atoms with Crippen molar-refractivity contribution in [2.24, 2.45) is 0 Å². The van der Waals surface area contributed by atoms with Crippen LogP contribution in [0.5, 0.6) is 5.75 Å². The SMILES string of the molecule is N#Cc1cc(OC2CCCCC2)ccc1C(F)(F)F. The Bertz CT molecular complexity index is 484. The van der Waals surface area contributed by atoms with Crippen molar-refractivity contribution in [1.82, 2.24) is 0 Å². The zero-order valence-electron chi connectivity index (χ0n) is 10.3. The molecule has 2 nitrogen and oxygen atoms in total. The van der Waals surface area contributed by atoms with Crippen LogP contribution < -0.4 is 4.74 Å². The van der Waals surface area contributed by atoms with E-state index in [0.29, 0.717) is 5.75 Å². The Morgan fingerprint density at radius 2 is 1.84 bits per heavy atom. The fourth-order valence-corrected chi connectivity index (χ4v) is 2.31. The van der Waals surface area contributed by atoms with Crippen LogP contribution in [0.25, 0.3) is 0 Å². The quantitative estimate of drug-likeness (QED) is 0.802. The molecule has 0 N–H and O–H groups in total. The molecule has 0 aromatic heterocycles. The van der Waals surface area contributed by atoms with Crippen LogP contribution in [-0.2, 0) is 6.18 Å². The lowest BCUT2D eigenvalue weighted by molar-refractivity contribution is -0.137. The van der Waals surface area contributed by atoms with E-state index < -0.39 is 11.7 Å². The number of hydrogen-bond acceptors (Lipinski definition) is 2. The molecule has 0 bridgehead atoms. The third kappa shape index (κ3) is 3.40. The van der Waals surface area contributed by atoms with Crippen LogP contribution in [0.15, 0.2) is 18.2 Å². The summed E-state index contributed by atoms with van der Waals surface area (Å²) in [5, 5.41) is 8.81. The Hall–Kier alpha value is -1.70. The van der Waals surface area contributed by atoms with E-state index in [2.05, 4.69) is 0 Å². The third-order valence-corrected chi connectivity index (χ3v) is 3.27. The number of ether oxygens (including phenoxy) is 1. The van der Waals surface area contributed by atoms with Crippen molar-refractivity contribution in [2.75, 3.05) is 0 Å². The molecule has 0 aliphatic heterocycles.